The molecule has 2 atom stereocenters. The van der Waals surface area contributed by atoms with Crippen LogP contribution in [0.5, 0.6) is 11.5 Å². The first kappa shape index (κ1) is 19.7. The summed E-state index contributed by atoms with van der Waals surface area (Å²) in [7, 11) is 3.06. The molecule has 1 aliphatic heterocycles. The van der Waals surface area contributed by atoms with E-state index in [0.717, 1.165) is 5.56 Å². The molecular weight excluding hydrogens is 391 g/mol. The second kappa shape index (κ2) is 8.75. The van der Waals surface area contributed by atoms with Crippen molar-refractivity contribution in [3.05, 3.63) is 39.6 Å². The highest BCUT2D eigenvalue weighted by molar-refractivity contribution is 6.39. The molecule has 1 aromatic carbocycles. The van der Waals surface area contributed by atoms with Crippen molar-refractivity contribution in [2.24, 2.45) is 5.73 Å². The molecule has 0 aliphatic carbocycles. The highest BCUT2D eigenvalue weighted by Gasteiger charge is 2.25. The van der Waals surface area contributed by atoms with Gasteiger partial charge in [0.1, 0.15) is 11.5 Å². The number of nitrogens with one attached hydrogen (secondary N) is 1. The van der Waals surface area contributed by atoms with Crippen molar-refractivity contribution in [2.45, 2.75) is 12.1 Å². The second-order valence-corrected chi connectivity index (χ2v) is 6.70. The van der Waals surface area contributed by atoms with Crippen molar-refractivity contribution in [3.8, 4) is 11.5 Å². The van der Waals surface area contributed by atoms with Crippen LogP contribution in [0.2, 0.25) is 10.0 Å². The molecule has 1 aromatic heterocycles. The van der Waals surface area contributed by atoms with E-state index >= 15 is 0 Å². The molecule has 27 heavy (non-hydrogen) atoms. The minimum atomic E-state index is -0.0690. The lowest BCUT2D eigenvalue weighted by Crippen LogP contribution is -2.39. The topological polar surface area (TPSA) is 91.5 Å². The molecule has 7 nitrogen and oxygen atoms in total. The molecule has 3 N–H and O–H groups in total. The molecule has 2 aromatic rings. The fourth-order valence-electron chi connectivity index (χ4n) is 2.61. The van der Waals surface area contributed by atoms with Crippen LogP contribution < -0.4 is 20.5 Å². The molecule has 1 fully saturated rings. The van der Waals surface area contributed by atoms with Crippen LogP contribution in [0.25, 0.3) is 12.2 Å². The Morgan fingerprint density at radius 1 is 1.11 bits per heavy atom. The van der Waals surface area contributed by atoms with E-state index in [1.165, 1.54) is 14.2 Å². The van der Waals surface area contributed by atoms with Crippen molar-refractivity contribution in [1.82, 2.24) is 9.97 Å². The lowest BCUT2D eigenvalue weighted by molar-refractivity contribution is 0.192. The lowest BCUT2D eigenvalue weighted by atomic mass is 10.1. The van der Waals surface area contributed by atoms with Gasteiger partial charge in [-0.2, -0.15) is 0 Å². The third-order valence-electron chi connectivity index (χ3n) is 4.16. The van der Waals surface area contributed by atoms with Gasteiger partial charge in [-0.1, -0.05) is 35.4 Å². The SMILES string of the molecule is COc1cc(OC)c(Cl)c(/C=C/c2cnc(NC3COC[C@@H]3N)nc2)c1Cl. The summed E-state index contributed by atoms with van der Waals surface area (Å²) in [6, 6.07) is 1.58. The molecule has 1 aliphatic rings. The van der Waals surface area contributed by atoms with Gasteiger partial charge in [0.15, 0.2) is 0 Å². The van der Waals surface area contributed by atoms with Crippen LogP contribution >= 0.6 is 23.2 Å². The van der Waals surface area contributed by atoms with Gasteiger partial charge in [0.05, 0.1) is 49.6 Å². The molecule has 0 bridgehead atoms. The molecule has 0 radical (unpaired) electrons. The number of hydrogen-bond acceptors (Lipinski definition) is 7. The maximum absolute atomic E-state index is 6.36. The zero-order valence-electron chi connectivity index (χ0n) is 14.9. The minimum Gasteiger partial charge on any atom is -0.495 e. The van der Waals surface area contributed by atoms with Gasteiger partial charge in [0.25, 0.3) is 0 Å². The fourth-order valence-corrected chi connectivity index (χ4v) is 3.24. The first-order chi connectivity index (χ1) is 13.0. The van der Waals surface area contributed by atoms with Crippen molar-refractivity contribution >= 4 is 41.3 Å². The minimum absolute atomic E-state index is 0.00764. The van der Waals surface area contributed by atoms with Crippen LogP contribution in [0.4, 0.5) is 5.95 Å². The summed E-state index contributed by atoms with van der Waals surface area (Å²) in [4.78, 5) is 8.60. The number of ether oxygens (including phenoxy) is 3. The summed E-state index contributed by atoms with van der Waals surface area (Å²) in [5, 5.41) is 3.96. The van der Waals surface area contributed by atoms with E-state index < -0.39 is 0 Å². The van der Waals surface area contributed by atoms with Crippen molar-refractivity contribution in [1.29, 1.82) is 0 Å². The van der Waals surface area contributed by atoms with E-state index in [1.54, 1.807) is 30.6 Å². The van der Waals surface area contributed by atoms with Crippen molar-refractivity contribution < 1.29 is 14.2 Å². The number of halogens is 2. The number of benzene rings is 1. The van der Waals surface area contributed by atoms with Gasteiger partial charge < -0.3 is 25.3 Å². The average molecular weight is 411 g/mol. The Morgan fingerprint density at radius 3 is 2.26 bits per heavy atom. The summed E-state index contributed by atoms with van der Waals surface area (Å²) < 4.78 is 15.8. The first-order valence-corrected chi connectivity index (χ1v) is 8.99. The molecule has 1 saturated heterocycles. The van der Waals surface area contributed by atoms with Gasteiger partial charge in [-0.25, -0.2) is 9.97 Å². The van der Waals surface area contributed by atoms with Crippen LogP contribution in [-0.4, -0.2) is 49.5 Å². The predicted octanol–water partition coefficient (Wildman–Crippen LogP) is 3.11. The fraction of sp³-hybridized carbons (Fsp3) is 0.333. The highest BCUT2D eigenvalue weighted by Crippen LogP contribution is 2.41. The summed E-state index contributed by atoms with van der Waals surface area (Å²) in [5.41, 5.74) is 7.31. The van der Waals surface area contributed by atoms with Crippen LogP contribution in [0.3, 0.4) is 0 Å². The van der Waals surface area contributed by atoms with E-state index in [9.17, 15) is 0 Å². The number of methoxy groups -OCH3 is 2. The lowest BCUT2D eigenvalue weighted by Gasteiger charge is -2.14. The van der Waals surface area contributed by atoms with Gasteiger partial charge in [-0.05, 0) is 0 Å². The zero-order valence-corrected chi connectivity index (χ0v) is 16.4. The van der Waals surface area contributed by atoms with Gasteiger partial charge >= 0.3 is 0 Å². The predicted molar refractivity (Wildman–Crippen MR) is 107 cm³/mol. The number of aromatic nitrogens is 2. The van der Waals surface area contributed by atoms with Crippen LogP contribution in [-0.2, 0) is 4.74 Å². The molecule has 2 heterocycles. The molecule has 0 amide bonds. The van der Waals surface area contributed by atoms with E-state index in [1.807, 2.05) is 0 Å². The summed E-state index contributed by atoms with van der Waals surface area (Å²) in [5.74, 6) is 1.45. The van der Waals surface area contributed by atoms with Crippen LogP contribution in [0, 0.1) is 0 Å². The smallest absolute Gasteiger partial charge is 0.222 e. The Kier molecular flexibility index (Phi) is 6.38. The first-order valence-electron chi connectivity index (χ1n) is 8.23. The number of rotatable bonds is 6. The Hall–Kier alpha value is -2.06. The molecule has 0 saturated carbocycles. The third kappa shape index (κ3) is 4.44. The van der Waals surface area contributed by atoms with Gasteiger partial charge in [0, 0.05) is 29.6 Å². The number of nitrogens with two attached hydrogens (primary N) is 1. The molecule has 0 spiro atoms. The molecule has 3 rings (SSSR count). The van der Waals surface area contributed by atoms with E-state index in [0.29, 0.717) is 46.3 Å². The number of hydrogen-bond donors (Lipinski definition) is 2. The number of anilines is 1. The molecule has 1 unspecified atom stereocenters. The van der Waals surface area contributed by atoms with Crippen LogP contribution in [0.1, 0.15) is 11.1 Å². The maximum Gasteiger partial charge on any atom is 0.222 e. The molecular formula is C18H20Cl2N4O3. The maximum atomic E-state index is 6.36. The van der Waals surface area contributed by atoms with E-state index in [-0.39, 0.29) is 12.1 Å². The van der Waals surface area contributed by atoms with E-state index in [4.69, 9.17) is 43.1 Å². The van der Waals surface area contributed by atoms with Crippen molar-refractivity contribution in [2.75, 3.05) is 32.8 Å². The molecule has 9 heteroatoms. The Morgan fingerprint density at radius 2 is 1.74 bits per heavy atom. The Bertz CT molecular complexity index is 802. The number of nitrogens with zero attached hydrogens (tertiary/aromatic N) is 2. The quantitative estimate of drug-likeness (QED) is 0.755. The monoisotopic (exact) mass is 410 g/mol. The largest absolute Gasteiger partial charge is 0.495 e. The van der Waals surface area contributed by atoms with Crippen LogP contribution in [0.15, 0.2) is 18.5 Å². The summed E-state index contributed by atoms with van der Waals surface area (Å²) >= 11 is 12.7. The van der Waals surface area contributed by atoms with Crippen molar-refractivity contribution in [3.63, 3.8) is 0 Å². The van der Waals surface area contributed by atoms with Gasteiger partial charge in [-0.15, -0.1) is 0 Å². The summed E-state index contributed by atoms with van der Waals surface area (Å²) in [6.45, 7) is 1.07. The average Bonchev–Trinajstić information content (AvgIpc) is 3.08. The third-order valence-corrected chi connectivity index (χ3v) is 4.94. The van der Waals surface area contributed by atoms with Gasteiger partial charge in [0.2, 0.25) is 5.95 Å². The normalized spacial score (nSPS) is 19.4. The Balaban J connectivity index is 1.78. The molecule has 144 valence electrons. The second-order valence-electron chi connectivity index (χ2n) is 5.95. The van der Waals surface area contributed by atoms with E-state index in [2.05, 4.69) is 15.3 Å². The van der Waals surface area contributed by atoms with Gasteiger partial charge in [-0.3, -0.25) is 0 Å². The Labute approximate surface area is 167 Å². The highest BCUT2D eigenvalue weighted by atomic mass is 35.5. The standard InChI is InChI=1S/C18H20Cl2N4O3/c1-25-14-5-15(26-2)17(20)11(16(14)19)4-3-10-6-22-18(23-7-10)24-13-9-27-8-12(13)21/h3-7,12-13H,8-9,21H2,1-2H3,(H,22,23,24)/b4-3+/t12-,13?/m0/s1. The summed E-state index contributed by atoms with van der Waals surface area (Å²) in [6.07, 6.45) is 6.95. The zero-order chi connectivity index (χ0) is 19.4.